The lowest BCUT2D eigenvalue weighted by Gasteiger charge is -2.04. The summed E-state index contributed by atoms with van der Waals surface area (Å²) < 4.78 is 15.7. The molecule has 1 unspecified atom stereocenters. The molecule has 8 heteroatoms. The van der Waals surface area contributed by atoms with Crippen LogP contribution in [0.1, 0.15) is 0 Å². The summed E-state index contributed by atoms with van der Waals surface area (Å²) in [6.07, 6.45) is 4.67. The first-order chi connectivity index (χ1) is 11.1. The van der Waals surface area contributed by atoms with Crippen molar-refractivity contribution < 1.29 is 9.00 Å². The maximum atomic E-state index is 11.9. The molecule has 1 aliphatic rings. The van der Waals surface area contributed by atoms with Gasteiger partial charge >= 0.3 is 0 Å². The van der Waals surface area contributed by atoms with Gasteiger partial charge in [-0.3, -0.25) is 9.52 Å². The summed E-state index contributed by atoms with van der Waals surface area (Å²) in [5, 5.41) is 5.44. The number of carbonyl (C=O) groups excluding carboxylic acids is 1. The van der Waals surface area contributed by atoms with Gasteiger partial charge in [0.15, 0.2) is 16.0 Å². The average Bonchev–Trinajstić information content (AvgIpc) is 3.10. The highest BCUT2D eigenvalue weighted by Gasteiger charge is 2.23. The molecule has 1 amide bonds. The summed E-state index contributed by atoms with van der Waals surface area (Å²) in [6, 6.07) is 9.38. The second kappa shape index (κ2) is 5.03. The Balaban J connectivity index is 1.80. The van der Waals surface area contributed by atoms with Crippen LogP contribution in [0, 0.1) is 0 Å². The van der Waals surface area contributed by atoms with Crippen LogP contribution in [0.3, 0.4) is 0 Å². The Hall–Kier alpha value is -3.00. The van der Waals surface area contributed by atoms with Gasteiger partial charge in [-0.15, -0.1) is 0 Å². The Morgan fingerprint density at radius 2 is 1.96 bits per heavy atom. The van der Waals surface area contributed by atoms with Gasteiger partial charge in [-0.1, -0.05) is 6.07 Å². The highest BCUT2D eigenvalue weighted by Crippen LogP contribution is 2.26. The van der Waals surface area contributed by atoms with Crippen molar-refractivity contribution in [2.45, 2.75) is 0 Å². The smallest absolute Gasteiger partial charge is 0.258 e. The molecule has 2 aromatic heterocycles. The third-order valence-electron chi connectivity index (χ3n) is 3.53. The molecule has 3 aromatic rings. The largest absolute Gasteiger partial charge is 0.384 e. The number of rotatable bonds is 2. The zero-order chi connectivity index (χ0) is 16.0. The van der Waals surface area contributed by atoms with E-state index in [0.29, 0.717) is 10.8 Å². The standard InChI is InChI=1S/C15H11N5O2S/c16-13-4-2-10(7-17-13)9-1-3-12-11(5-9)8-18-20(12)15-6-14(21)19-23(15)22/h1-8H,(H2,16,17)(H,19,21). The number of aromatic nitrogens is 3. The van der Waals surface area contributed by atoms with Crippen LogP contribution >= 0.6 is 0 Å². The molecule has 1 atom stereocenters. The Morgan fingerprint density at radius 3 is 2.65 bits per heavy atom. The summed E-state index contributed by atoms with van der Waals surface area (Å²) in [6.45, 7) is 0. The molecule has 23 heavy (non-hydrogen) atoms. The van der Waals surface area contributed by atoms with Gasteiger partial charge in [0.05, 0.1) is 11.7 Å². The minimum atomic E-state index is -1.58. The topological polar surface area (TPSA) is 103 Å². The van der Waals surface area contributed by atoms with Gasteiger partial charge < -0.3 is 5.73 Å². The number of fused-ring (bicyclic) bond motifs is 1. The van der Waals surface area contributed by atoms with Gasteiger partial charge in [-0.2, -0.15) is 5.10 Å². The number of nitrogens with two attached hydrogens (primary N) is 1. The number of carbonyl (C=O) groups is 1. The zero-order valence-corrected chi connectivity index (χ0v) is 12.6. The summed E-state index contributed by atoms with van der Waals surface area (Å²) in [4.78, 5) is 15.4. The van der Waals surface area contributed by atoms with E-state index < -0.39 is 11.0 Å². The van der Waals surface area contributed by atoms with Crippen LogP contribution in [-0.2, 0) is 15.8 Å². The van der Waals surface area contributed by atoms with Crippen LogP contribution < -0.4 is 10.5 Å². The van der Waals surface area contributed by atoms with Crippen molar-refractivity contribution in [2.75, 3.05) is 5.73 Å². The fourth-order valence-electron chi connectivity index (χ4n) is 2.44. The first-order valence-electron chi connectivity index (χ1n) is 6.76. The van der Waals surface area contributed by atoms with Crippen molar-refractivity contribution in [3.05, 3.63) is 48.8 Å². The molecule has 0 bridgehead atoms. The van der Waals surface area contributed by atoms with Crippen molar-refractivity contribution in [2.24, 2.45) is 0 Å². The van der Waals surface area contributed by atoms with E-state index in [0.717, 1.165) is 22.0 Å². The second-order valence-corrected chi connectivity index (χ2v) is 6.18. The minimum Gasteiger partial charge on any atom is -0.384 e. The molecule has 4 rings (SSSR count). The van der Waals surface area contributed by atoms with E-state index in [1.165, 1.54) is 10.8 Å². The maximum absolute atomic E-state index is 11.9. The Kier molecular flexibility index (Phi) is 2.98. The van der Waals surface area contributed by atoms with Crippen molar-refractivity contribution in [1.82, 2.24) is 19.5 Å². The van der Waals surface area contributed by atoms with Gasteiger partial charge in [0.2, 0.25) is 0 Å². The number of anilines is 1. The maximum Gasteiger partial charge on any atom is 0.258 e. The lowest BCUT2D eigenvalue weighted by molar-refractivity contribution is -0.114. The number of amides is 1. The van der Waals surface area contributed by atoms with Gasteiger partial charge in [0.25, 0.3) is 5.91 Å². The second-order valence-electron chi connectivity index (χ2n) is 5.02. The predicted molar refractivity (Wildman–Crippen MR) is 87.9 cm³/mol. The van der Waals surface area contributed by atoms with Crippen LogP contribution in [0.15, 0.2) is 48.8 Å². The first kappa shape index (κ1) is 13.6. The minimum absolute atomic E-state index is 0.326. The molecule has 0 radical (unpaired) electrons. The summed E-state index contributed by atoms with van der Waals surface area (Å²) >= 11 is 0. The van der Waals surface area contributed by atoms with Crippen molar-refractivity contribution in [3.63, 3.8) is 0 Å². The molecule has 0 saturated carbocycles. The Morgan fingerprint density at radius 1 is 1.13 bits per heavy atom. The predicted octanol–water partition coefficient (Wildman–Crippen LogP) is 1.27. The van der Waals surface area contributed by atoms with Crippen molar-refractivity contribution >= 4 is 38.6 Å². The molecule has 0 saturated heterocycles. The molecule has 114 valence electrons. The monoisotopic (exact) mass is 325 g/mol. The molecule has 7 nitrogen and oxygen atoms in total. The third kappa shape index (κ3) is 2.29. The molecular weight excluding hydrogens is 314 g/mol. The molecule has 3 N–H and O–H groups in total. The van der Waals surface area contributed by atoms with E-state index in [1.807, 2.05) is 24.3 Å². The quantitative estimate of drug-likeness (QED) is 0.738. The van der Waals surface area contributed by atoms with E-state index in [4.69, 9.17) is 5.73 Å². The molecule has 0 spiro atoms. The third-order valence-corrected chi connectivity index (χ3v) is 4.59. The van der Waals surface area contributed by atoms with Crippen LogP contribution in [0.2, 0.25) is 0 Å². The van der Waals surface area contributed by atoms with Crippen LogP contribution in [0.5, 0.6) is 0 Å². The lowest BCUT2D eigenvalue weighted by atomic mass is 10.1. The van der Waals surface area contributed by atoms with E-state index in [1.54, 1.807) is 18.5 Å². The van der Waals surface area contributed by atoms with Gasteiger partial charge in [0, 0.05) is 23.2 Å². The Labute approximate surface area is 133 Å². The van der Waals surface area contributed by atoms with Gasteiger partial charge in [-0.05, 0) is 29.8 Å². The molecule has 1 aliphatic heterocycles. The Bertz CT molecular complexity index is 991. The van der Waals surface area contributed by atoms with Crippen LogP contribution in [-0.4, -0.2) is 24.9 Å². The summed E-state index contributed by atoms with van der Waals surface area (Å²) in [5.41, 5.74) is 8.28. The SMILES string of the molecule is Nc1ccc(-c2ccc3c(cnn3C3=CC(=O)NS3=O)c2)cn1. The number of hydrogen-bond donors (Lipinski definition) is 2. The van der Waals surface area contributed by atoms with Gasteiger partial charge in [0.1, 0.15) is 5.82 Å². The highest BCUT2D eigenvalue weighted by molar-refractivity contribution is 7.93. The summed E-state index contributed by atoms with van der Waals surface area (Å²) in [5.74, 6) is 0.0852. The normalized spacial score (nSPS) is 17.3. The van der Waals surface area contributed by atoms with Crippen LogP contribution in [0.25, 0.3) is 27.1 Å². The number of nitrogens with zero attached hydrogens (tertiary/aromatic N) is 3. The van der Waals surface area contributed by atoms with Crippen molar-refractivity contribution in [3.8, 4) is 11.1 Å². The van der Waals surface area contributed by atoms with E-state index in [-0.39, 0.29) is 5.91 Å². The first-order valence-corrected chi connectivity index (χ1v) is 7.91. The fourth-order valence-corrected chi connectivity index (χ4v) is 3.31. The molecule has 3 heterocycles. The van der Waals surface area contributed by atoms with E-state index in [9.17, 15) is 9.00 Å². The number of nitrogens with one attached hydrogen (secondary N) is 1. The number of nitrogen functional groups attached to an aromatic ring is 1. The highest BCUT2D eigenvalue weighted by atomic mass is 32.2. The fraction of sp³-hybridized carbons (Fsp3) is 0. The van der Waals surface area contributed by atoms with E-state index in [2.05, 4.69) is 14.8 Å². The van der Waals surface area contributed by atoms with Crippen molar-refractivity contribution in [1.29, 1.82) is 0 Å². The van der Waals surface area contributed by atoms with E-state index >= 15 is 0 Å². The molecule has 0 aliphatic carbocycles. The zero-order valence-electron chi connectivity index (χ0n) is 11.8. The number of benzene rings is 1. The average molecular weight is 325 g/mol. The number of pyridine rings is 1. The van der Waals surface area contributed by atoms with Crippen LogP contribution in [0.4, 0.5) is 5.82 Å². The molecule has 1 aromatic carbocycles. The number of hydrogen-bond acceptors (Lipinski definition) is 5. The molecular formula is C15H11N5O2S. The summed E-state index contributed by atoms with van der Waals surface area (Å²) in [7, 11) is -1.58. The lowest BCUT2D eigenvalue weighted by Crippen LogP contribution is -2.17. The van der Waals surface area contributed by atoms with Gasteiger partial charge in [-0.25, -0.2) is 13.9 Å². The molecule has 0 fully saturated rings.